The number of rotatable bonds is 6. The molecular weight excluding hydrogens is 268 g/mol. The Morgan fingerprint density at radius 3 is 2.71 bits per heavy atom. The molecule has 21 heavy (non-hydrogen) atoms. The van der Waals surface area contributed by atoms with Crippen molar-refractivity contribution in [3.8, 4) is 5.75 Å². The Morgan fingerprint density at radius 1 is 1.19 bits per heavy atom. The smallest absolute Gasteiger partial charge is 0.258 e. The van der Waals surface area contributed by atoms with Crippen LogP contribution in [-0.2, 0) is 22.4 Å². The first kappa shape index (κ1) is 15.4. The van der Waals surface area contributed by atoms with Crippen molar-refractivity contribution >= 4 is 11.8 Å². The van der Waals surface area contributed by atoms with Gasteiger partial charge in [-0.25, -0.2) is 0 Å². The van der Waals surface area contributed by atoms with E-state index in [1.807, 2.05) is 26.0 Å². The van der Waals surface area contributed by atoms with Gasteiger partial charge in [-0.2, -0.15) is 0 Å². The van der Waals surface area contributed by atoms with Crippen molar-refractivity contribution in [1.29, 1.82) is 0 Å². The van der Waals surface area contributed by atoms with Gasteiger partial charge in [-0.1, -0.05) is 6.07 Å². The van der Waals surface area contributed by atoms with Crippen LogP contribution in [0.2, 0.25) is 0 Å². The molecule has 0 unspecified atom stereocenters. The lowest BCUT2D eigenvalue weighted by molar-refractivity contribution is -0.127. The van der Waals surface area contributed by atoms with Gasteiger partial charge in [0.1, 0.15) is 5.75 Å². The van der Waals surface area contributed by atoms with Crippen molar-refractivity contribution in [2.24, 2.45) is 0 Å². The predicted molar refractivity (Wildman–Crippen MR) is 80.3 cm³/mol. The van der Waals surface area contributed by atoms with Gasteiger partial charge >= 0.3 is 0 Å². The Kier molecular flexibility index (Phi) is 5.20. The van der Waals surface area contributed by atoms with Crippen LogP contribution in [0.3, 0.4) is 0 Å². The number of aryl methyl sites for hydroxylation is 2. The molecule has 1 aliphatic carbocycles. The summed E-state index contributed by atoms with van der Waals surface area (Å²) in [6.07, 6.45) is 3.39. The van der Waals surface area contributed by atoms with E-state index >= 15 is 0 Å². The van der Waals surface area contributed by atoms with E-state index in [-0.39, 0.29) is 31.0 Å². The molecule has 0 atom stereocenters. The maximum absolute atomic E-state index is 11.6. The first-order chi connectivity index (χ1) is 10.0. The normalized spacial score (nSPS) is 12.9. The second-order valence-electron chi connectivity index (χ2n) is 5.57. The number of amides is 2. The van der Waals surface area contributed by atoms with E-state index < -0.39 is 0 Å². The number of ether oxygens (including phenoxy) is 1. The number of hydrogen-bond acceptors (Lipinski definition) is 3. The maximum atomic E-state index is 11.6. The number of carbonyl (C=O) groups is 2. The monoisotopic (exact) mass is 290 g/mol. The summed E-state index contributed by atoms with van der Waals surface area (Å²) in [6.45, 7) is 3.64. The third-order valence-corrected chi connectivity index (χ3v) is 3.34. The molecule has 5 nitrogen and oxygen atoms in total. The SMILES string of the molecule is CC(C)NC(=O)CNC(=O)COc1ccc2c(c1)CCC2. The molecule has 2 rings (SSSR count). The number of carbonyl (C=O) groups excluding carboxylic acids is 2. The lowest BCUT2D eigenvalue weighted by Crippen LogP contribution is -2.41. The maximum Gasteiger partial charge on any atom is 0.258 e. The minimum Gasteiger partial charge on any atom is -0.484 e. The van der Waals surface area contributed by atoms with Crippen LogP contribution in [0.5, 0.6) is 5.75 Å². The van der Waals surface area contributed by atoms with E-state index in [1.165, 1.54) is 17.5 Å². The molecule has 2 N–H and O–H groups in total. The topological polar surface area (TPSA) is 67.4 Å². The molecule has 0 radical (unpaired) electrons. The van der Waals surface area contributed by atoms with Gasteiger partial charge in [-0.3, -0.25) is 9.59 Å². The zero-order chi connectivity index (χ0) is 15.2. The van der Waals surface area contributed by atoms with Crippen LogP contribution < -0.4 is 15.4 Å². The summed E-state index contributed by atoms with van der Waals surface area (Å²) >= 11 is 0. The van der Waals surface area contributed by atoms with Crippen molar-refractivity contribution in [1.82, 2.24) is 10.6 Å². The molecule has 0 spiro atoms. The Hall–Kier alpha value is -2.04. The molecule has 114 valence electrons. The predicted octanol–water partition coefficient (Wildman–Crippen LogP) is 1.19. The van der Waals surface area contributed by atoms with Crippen LogP contribution in [0, 0.1) is 0 Å². The molecule has 0 aromatic heterocycles. The molecule has 0 aliphatic heterocycles. The average Bonchev–Trinajstić information content (AvgIpc) is 2.89. The van der Waals surface area contributed by atoms with Crippen LogP contribution in [0.4, 0.5) is 0 Å². The molecule has 1 aliphatic rings. The summed E-state index contributed by atoms with van der Waals surface area (Å²) in [6, 6.07) is 6.02. The van der Waals surface area contributed by atoms with Crippen LogP contribution in [0.25, 0.3) is 0 Å². The molecule has 0 fully saturated rings. The zero-order valence-corrected chi connectivity index (χ0v) is 12.6. The van der Waals surface area contributed by atoms with Crippen molar-refractivity contribution in [2.45, 2.75) is 39.2 Å². The summed E-state index contributed by atoms with van der Waals surface area (Å²) in [7, 11) is 0. The summed E-state index contributed by atoms with van der Waals surface area (Å²) in [4.78, 5) is 23.0. The molecule has 0 bridgehead atoms. The van der Waals surface area contributed by atoms with Gasteiger partial charge < -0.3 is 15.4 Å². The second-order valence-corrected chi connectivity index (χ2v) is 5.57. The molecule has 0 saturated heterocycles. The second kappa shape index (κ2) is 7.11. The van der Waals surface area contributed by atoms with Crippen molar-refractivity contribution in [2.75, 3.05) is 13.2 Å². The standard InChI is InChI=1S/C16H22N2O3/c1-11(2)18-15(19)9-17-16(20)10-21-14-7-6-12-4-3-5-13(12)8-14/h6-8,11H,3-5,9-10H2,1-2H3,(H,17,20)(H,18,19). The molecule has 0 heterocycles. The van der Waals surface area contributed by atoms with Gasteiger partial charge in [0.25, 0.3) is 5.91 Å². The fraction of sp³-hybridized carbons (Fsp3) is 0.500. The van der Waals surface area contributed by atoms with Crippen LogP contribution in [0.15, 0.2) is 18.2 Å². The van der Waals surface area contributed by atoms with Crippen LogP contribution in [0.1, 0.15) is 31.4 Å². The van der Waals surface area contributed by atoms with Crippen molar-refractivity contribution < 1.29 is 14.3 Å². The van der Waals surface area contributed by atoms with Gasteiger partial charge in [0, 0.05) is 6.04 Å². The Balaban J connectivity index is 1.73. The first-order valence-corrected chi connectivity index (χ1v) is 7.35. The molecular formula is C16H22N2O3. The van der Waals surface area contributed by atoms with E-state index in [9.17, 15) is 9.59 Å². The van der Waals surface area contributed by atoms with Gasteiger partial charge in [0.05, 0.1) is 6.54 Å². The van der Waals surface area contributed by atoms with E-state index in [0.29, 0.717) is 5.75 Å². The number of nitrogens with one attached hydrogen (secondary N) is 2. The Morgan fingerprint density at radius 2 is 1.95 bits per heavy atom. The number of benzene rings is 1. The van der Waals surface area contributed by atoms with E-state index in [1.54, 1.807) is 0 Å². The molecule has 5 heteroatoms. The van der Waals surface area contributed by atoms with E-state index in [0.717, 1.165) is 12.8 Å². The van der Waals surface area contributed by atoms with Gasteiger partial charge in [0.2, 0.25) is 5.91 Å². The van der Waals surface area contributed by atoms with Gasteiger partial charge in [0.15, 0.2) is 6.61 Å². The third-order valence-electron chi connectivity index (χ3n) is 3.34. The number of fused-ring (bicyclic) bond motifs is 1. The van der Waals surface area contributed by atoms with E-state index in [2.05, 4.69) is 16.7 Å². The molecule has 1 aromatic rings. The van der Waals surface area contributed by atoms with Gasteiger partial charge in [-0.15, -0.1) is 0 Å². The third kappa shape index (κ3) is 4.77. The lowest BCUT2D eigenvalue weighted by atomic mass is 10.1. The summed E-state index contributed by atoms with van der Waals surface area (Å²) in [5, 5.41) is 5.24. The van der Waals surface area contributed by atoms with E-state index in [4.69, 9.17) is 4.74 Å². The highest BCUT2D eigenvalue weighted by Gasteiger charge is 2.12. The average molecular weight is 290 g/mol. The summed E-state index contributed by atoms with van der Waals surface area (Å²) in [5.41, 5.74) is 2.68. The quantitative estimate of drug-likeness (QED) is 0.827. The van der Waals surface area contributed by atoms with Crippen molar-refractivity contribution in [3.05, 3.63) is 29.3 Å². The summed E-state index contributed by atoms with van der Waals surface area (Å²) in [5.74, 6) is 0.211. The summed E-state index contributed by atoms with van der Waals surface area (Å²) < 4.78 is 5.46. The highest BCUT2D eigenvalue weighted by atomic mass is 16.5. The zero-order valence-electron chi connectivity index (χ0n) is 12.6. The lowest BCUT2D eigenvalue weighted by Gasteiger charge is -2.10. The fourth-order valence-electron chi connectivity index (χ4n) is 2.39. The highest BCUT2D eigenvalue weighted by Crippen LogP contribution is 2.25. The Labute approximate surface area is 125 Å². The molecule has 0 saturated carbocycles. The number of hydrogen-bond donors (Lipinski definition) is 2. The molecule has 2 amide bonds. The Bertz CT molecular complexity index is 526. The highest BCUT2D eigenvalue weighted by molar-refractivity contribution is 5.85. The largest absolute Gasteiger partial charge is 0.484 e. The van der Waals surface area contributed by atoms with Crippen LogP contribution in [-0.4, -0.2) is 31.0 Å². The van der Waals surface area contributed by atoms with Crippen LogP contribution >= 0.6 is 0 Å². The fourth-order valence-corrected chi connectivity index (χ4v) is 2.39. The molecule has 1 aromatic carbocycles. The minimum atomic E-state index is -0.297. The minimum absolute atomic E-state index is 0.0233. The van der Waals surface area contributed by atoms with Crippen molar-refractivity contribution in [3.63, 3.8) is 0 Å². The van der Waals surface area contributed by atoms with Gasteiger partial charge in [-0.05, 0) is 56.4 Å². The first-order valence-electron chi connectivity index (χ1n) is 7.35.